The molecule has 204 valence electrons. The minimum absolute atomic E-state index is 0.0182. The maximum Gasteiger partial charge on any atom is 0.338 e. The van der Waals surface area contributed by atoms with Gasteiger partial charge in [-0.2, -0.15) is 0 Å². The topological polar surface area (TPSA) is 154 Å². The number of anilines is 1. The van der Waals surface area contributed by atoms with Gasteiger partial charge < -0.3 is 19.5 Å². The fourth-order valence-electron chi connectivity index (χ4n) is 3.62. The molecule has 0 spiro atoms. The summed E-state index contributed by atoms with van der Waals surface area (Å²) in [5.74, 6) is -1.72. The number of benzene rings is 3. The Labute approximate surface area is 231 Å². The first-order chi connectivity index (χ1) is 19.2. The van der Waals surface area contributed by atoms with Gasteiger partial charge in [0.05, 0.1) is 29.6 Å². The number of para-hydroxylation sites is 1. The van der Waals surface area contributed by atoms with Crippen molar-refractivity contribution in [1.29, 1.82) is 0 Å². The van der Waals surface area contributed by atoms with Gasteiger partial charge >= 0.3 is 11.7 Å². The molecule has 1 heterocycles. The first-order valence-corrected chi connectivity index (χ1v) is 12.3. The third-order valence-electron chi connectivity index (χ3n) is 5.51. The van der Waals surface area contributed by atoms with Crippen molar-refractivity contribution in [2.75, 3.05) is 26.1 Å². The second-order valence-corrected chi connectivity index (χ2v) is 9.12. The lowest BCUT2D eigenvalue weighted by Crippen LogP contribution is -2.36. The number of methoxy groups -OCH3 is 2. The SMILES string of the molecule is COC(=O)c1ccc(Oc2ccc(/C=C3\SC(=O)N(CC(=O)Nc4ccccc4)C3=O)cc2OC)c([N+](=O)[O-])c1. The van der Waals surface area contributed by atoms with Crippen LogP contribution in [0.4, 0.5) is 16.2 Å². The van der Waals surface area contributed by atoms with Crippen molar-refractivity contribution in [2.45, 2.75) is 0 Å². The number of esters is 1. The molecule has 0 radical (unpaired) electrons. The highest BCUT2D eigenvalue weighted by molar-refractivity contribution is 8.18. The number of hydrogen-bond donors (Lipinski definition) is 1. The van der Waals surface area contributed by atoms with E-state index >= 15 is 0 Å². The highest BCUT2D eigenvalue weighted by Gasteiger charge is 2.36. The van der Waals surface area contributed by atoms with Crippen LogP contribution in [0.2, 0.25) is 0 Å². The fourth-order valence-corrected chi connectivity index (χ4v) is 4.46. The van der Waals surface area contributed by atoms with Crippen LogP contribution in [0.5, 0.6) is 17.2 Å². The van der Waals surface area contributed by atoms with Crippen LogP contribution >= 0.6 is 11.8 Å². The molecule has 3 aromatic carbocycles. The third-order valence-corrected chi connectivity index (χ3v) is 6.42. The van der Waals surface area contributed by atoms with Crippen LogP contribution in [-0.2, 0) is 14.3 Å². The molecule has 0 aliphatic carbocycles. The molecule has 1 aliphatic heterocycles. The molecule has 3 aromatic rings. The minimum Gasteiger partial charge on any atom is -0.493 e. The second-order valence-electron chi connectivity index (χ2n) is 8.13. The Balaban J connectivity index is 1.51. The highest BCUT2D eigenvalue weighted by Crippen LogP contribution is 2.39. The summed E-state index contributed by atoms with van der Waals surface area (Å²) in [6, 6.07) is 16.8. The summed E-state index contributed by atoms with van der Waals surface area (Å²) >= 11 is 0.690. The van der Waals surface area contributed by atoms with Gasteiger partial charge in [-0.15, -0.1) is 0 Å². The lowest BCUT2D eigenvalue weighted by Gasteiger charge is -2.12. The molecule has 4 rings (SSSR count). The van der Waals surface area contributed by atoms with Gasteiger partial charge in [0.1, 0.15) is 6.54 Å². The van der Waals surface area contributed by atoms with Crippen LogP contribution < -0.4 is 14.8 Å². The van der Waals surface area contributed by atoms with Crippen molar-refractivity contribution in [3.8, 4) is 17.2 Å². The summed E-state index contributed by atoms with van der Waals surface area (Å²) in [6.07, 6.45) is 1.46. The summed E-state index contributed by atoms with van der Waals surface area (Å²) in [5.41, 5.74) is 0.530. The van der Waals surface area contributed by atoms with Gasteiger partial charge in [0.15, 0.2) is 11.5 Å². The number of nitrogens with one attached hydrogen (secondary N) is 1. The Morgan fingerprint density at radius 2 is 1.73 bits per heavy atom. The van der Waals surface area contributed by atoms with E-state index in [2.05, 4.69) is 10.1 Å². The Hall–Kier alpha value is -5.17. The van der Waals surface area contributed by atoms with Crippen molar-refractivity contribution < 1.29 is 38.3 Å². The molecule has 13 heteroatoms. The Kier molecular flexibility index (Phi) is 8.45. The second kappa shape index (κ2) is 12.1. The lowest BCUT2D eigenvalue weighted by molar-refractivity contribution is -0.385. The van der Waals surface area contributed by atoms with Crippen molar-refractivity contribution in [3.63, 3.8) is 0 Å². The number of ether oxygens (including phenoxy) is 3. The van der Waals surface area contributed by atoms with E-state index in [0.29, 0.717) is 23.0 Å². The monoisotopic (exact) mass is 563 g/mol. The molecule has 1 fully saturated rings. The first kappa shape index (κ1) is 27.9. The van der Waals surface area contributed by atoms with Crippen LogP contribution in [0.1, 0.15) is 15.9 Å². The van der Waals surface area contributed by atoms with Crippen LogP contribution in [0.25, 0.3) is 6.08 Å². The average molecular weight is 564 g/mol. The van der Waals surface area contributed by atoms with E-state index in [-0.39, 0.29) is 27.7 Å². The molecule has 0 aromatic heterocycles. The fraction of sp³-hybridized carbons (Fsp3) is 0.111. The van der Waals surface area contributed by atoms with Crippen molar-refractivity contribution in [2.24, 2.45) is 0 Å². The zero-order valence-corrected chi connectivity index (χ0v) is 21.9. The van der Waals surface area contributed by atoms with Crippen LogP contribution in [0.3, 0.4) is 0 Å². The molecule has 0 atom stereocenters. The quantitative estimate of drug-likeness (QED) is 0.165. The Bertz CT molecular complexity index is 1540. The minimum atomic E-state index is -0.738. The summed E-state index contributed by atoms with van der Waals surface area (Å²) in [4.78, 5) is 61.2. The van der Waals surface area contributed by atoms with E-state index in [9.17, 15) is 29.3 Å². The lowest BCUT2D eigenvalue weighted by atomic mass is 10.1. The smallest absolute Gasteiger partial charge is 0.338 e. The molecule has 1 N–H and O–H groups in total. The van der Waals surface area contributed by atoms with Gasteiger partial charge in [-0.3, -0.25) is 29.4 Å². The number of carbonyl (C=O) groups excluding carboxylic acids is 4. The van der Waals surface area contributed by atoms with Crippen molar-refractivity contribution in [3.05, 3.63) is 92.9 Å². The molecule has 40 heavy (non-hydrogen) atoms. The highest BCUT2D eigenvalue weighted by atomic mass is 32.2. The molecule has 0 bridgehead atoms. The molecule has 1 aliphatic rings. The zero-order valence-electron chi connectivity index (χ0n) is 21.1. The van der Waals surface area contributed by atoms with Gasteiger partial charge in [-0.1, -0.05) is 24.3 Å². The predicted molar refractivity (Wildman–Crippen MR) is 145 cm³/mol. The van der Waals surface area contributed by atoms with Gasteiger partial charge in [-0.25, -0.2) is 4.79 Å². The Morgan fingerprint density at radius 3 is 2.40 bits per heavy atom. The summed E-state index contributed by atoms with van der Waals surface area (Å²) < 4.78 is 15.7. The standard InChI is InChI=1S/C27H21N3O9S/c1-37-22-12-16(8-10-21(22)39-20-11-9-17(26(33)38-2)14-19(20)30(35)36)13-23-25(32)29(27(34)40-23)15-24(31)28-18-6-4-3-5-7-18/h3-14H,15H2,1-2H3,(H,28,31)/b23-13-. The van der Waals surface area contributed by atoms with E-state index in [1.165, 1.54) is 37.5 Å². The predicted octanol–water partition coefficient (Wildman–Crippen LogP) is 4.86. The number of nitro benzene ring substituents is 1. The van der Waals surface area contributed by atoms with Crippen LogP contribution in [0, 0.1) is 10.1 Å². The van der Waals surface area contributed by atoms with E-state index in [4.69, 9.17) is 9.47 Å². The average Bonchev–Trinajstić information content (AvgIpc) is 3.20. The number of carbonyl (C=O) groups is 4. The van der Waals surface area contributed by atoms with Gasteiger partial charge in [0, 0.05) is 11.8 Å². The first-order valence-electron chi connectivity index (χ1n) is 11.5. The molecule has 1 saturated heterocycles. The number of thioether (sulfide) groups is 1. The molecule has 0 saturated carbocycles. The zero-order chi connectivity index (χ0) is 28.8. The number of nitro groups is 1. The van der Waals surface area contributed by atoms with Crippen molar-refractivity contribution >= 4 is 52.2 Å². The summed E-state index contributed by atoms with van der Waals surface area (Å²) in [7, 11) is 2.52. The summed E-state index contributed by atoms with van der Waals surface area (Å²) in [6.45, 7) is -0.444. The van der Waals surface area contributed by atoms with Crippen LogP contribution in [-0.4, -0.2) is 53.6 Å². The maximum atomic E-state index is 12.9. The van der Waals surface area contributed by atoms with E-state index < -0.39 is 40.2 Å². The van der Waals surface area contributed by atoms with E-state index in [1.807, 2.05) is 0 Å². The maximum absolute atomic E-state index is 12.9. The van der Waals surface area contributed by atoms with Gasteiger partial charge in [0.2, 0.25) is 11.7 Å². The largest absolute Gasteiger partial charge is 0.493 e. The number of nitrogens with zero attached hydrogens (tertiary/aromatic N) is 2. The van der Waals surface area contributed by atoms with E-state index in [1.54, 1.807) is 36.4 Å². The van der Waals surface area contributed by atoms with Gasteiger partial charge in [0.25, 0.3) is 11.1 Å². The molecule has 12 nitrogen and oxygen atoms in total. The summed E-state index contributed by atoms with van der Waals surface area (Å²) in [5, 5.41) is 13.6. The molecular formula is C27H21N3O9S. The number of rotatable bonds is 9. The normalized spacial score (nSPS) is 13.8. The molecule has 0 unspecified atom stereocenters. The van der Waals surface area contributed by atoms with Crippen molar-refractivity contribution in [1.82, 2.24) is 4.90 Å². The molecular weight excluding hydrogens is 542 g/mol. The molecule has 3 amide bonds. The Morgan fingerprint density at radius 1 is 1.00 bits per heavy atom. The number of hydrogen-bond acceptors (Lipinski definition) is 10. The van der Waals surface area contributed by atoms with Crippen LogP contribution in [0.15, 0.2) is 71.6 Å². The van der Waals surface area contributed by atoms with E-state index in [0.717, 1.165) is 18.1 Å². The number of imide groups is 1. The third kappa shape index (κ3) is 6.27. The number of amides is 3. The van der Waals surface area contributed by atoms with Gasteiger partial charge in [-0.05, 0) is 59.8 Å².